The number of carbonyl (C=O) groups excluding carboxylic acids is 1. The van der Waals surface area contributed by atoms with Crippen molar-refractivity contribution in [2.24, 2.45) is 0 Å². The monoisotopic (exact) mass is 315 g/mol. The van der Waals surface area contributed by atoms with Crippen LogP contribution in [0.2, 0.25) is 0 Å². The van der Waals surface area contributed by atoms with Crippen molar-refractivity contribution in [3.8, 4) is 0 Å². The maximum absolute atomic E-state index is 11.8. The van der Waals surface area contributed by atoms with Crippen LogP contribution in [0.1, 0.15) is 18.4 Å². The first-order valence-corrected chi connectivity index (χ1v) is 7.90. The van der Waals surface area contributed by atoms with Gasteiger partial charge in [-0.25, -0.2) is 4.79 Å². The highest BCUT2D eigenvalue weighted by Crippen LogP contribution is 2.16. The molecule has 0 radical (unpaired) electrons. The molecule has 1 aliphatic rings. The fraction of sp³-hybridized carbons (Fsp3) is 0.438. The van der Waals surface area contributed by atoms with Crippen molar-refractivity contribution in [1.82, 2.24) is 20.4 Å². The van der Waals surface area contributed by atoms with Gasteiger partial charge >= 0.3 is 12.0 Å². The third kappa shape index (κ3) is 3.80. The van der Waals surface area contributed by atoms with Crippen molar-refractivity contribution >= 4 is 12.0 Å². The highest BCUT2D eigenvalue weighted by atomic mass is 16.4. The van der Waals surface area contributed by atoms with Gasteiger partial charge in [0, 0.05) is 32.7 Å². The number of nitrogens with zero attached hydrogens (tertiary/aromatic N) is 4. The molecule has 1 aromatic heterocycles. The number of aromatic nitrogens is 2. The maximum Gasteiger partial charge on any atom is 0.318 e. The number of carbonyl (C=O) groups is 1. The zero-order valence-electron chi connectivity index (χ0n) is 13.2. The summed E-state index contributed by atoms with van der Waals surface area (Å²) in [5.74, 6) is 0.609. The molecule has 2 aromatic rings. The number of urea groups is 1. The summed E-state index contributed by atoms with van der Waals surface area (Å²) in [6.45, 7) is 5.27. The molecule has 0 spiro atoms. The van der Waals surface area contributed by atoms with E-state index in [0.717, 1.165) is 5.56 Å². The minimum Gasteiger partial charge on any atom is -0.408 e. The number of benzene rings is 1. The topological polar surface area (TPSA) is 74.5 Å². The summed E-state index contributed by atoms with van der Waals surface area (Å²) in [6.07, 6.45) is 0.632. The summed E-state index contributed by atoms with van der Waals surface area (Å²) in [6, 6.07) is 10.6. The van der Waals surface area contributed by atoms with Gasteiger partial charge in [-0.3, -0.25) is 0 Å². The number of rotatable bonds is 4. The molecule has 7 nitrogen and oxygen atoms in total. The molecule has 1 saturated heterocycles. The van der Waals surface area contributed by atoms with Gasteiger partial charge in [0.05, 0.1) is 6.42 Å². The van der Waals surface area contributed by atoms with E-state index in [9.17, 15) is 4.79 Å². The van der Waals surface area contributed by atoms with Crippen molar-refractivity contribution < 1.29 is 9.21 Å². The molecule has 1 fully saturated rings. The van der Waals surface area contributed by atoms with Crippen LogP contribution in [0.3, 0.4) is 0 Å². The Balaban J connectivity index is 1.56. The van der Waals surface area contributed by atoms with Gasteiger partial charge in [-0.05, 0) is 12.5 Å². The molecule has 3 rings (SSSR count). The average molecular weight is 315 g/mol. The molecule has 23 heavy (non-hydrogen) atoms. The second-order valence-corrected chi connectivity index (χ2v) is 5.45. The molecule has 0 bridgehead atoms. The summed E-state index contributed by atoms with van der Waals surface area (Å²) in [5, 5.41) is 11.1. The second-order valence-electron chi connectivity index (χ2n) is 5.45. The number of hydrogen-bond donors (Lipinski definition) is 1. The molecular formula is C16H21N5O2. The molecule has 1 N–H and O–H groups in total. The first-order valence-electron chi connectivity index (χ1n) is 7.90. The van der Waals surface area contributed by atoms with E-state index in [1.165, 1.54) is 0 Å². The summed E-state index contributed by atoms with van der Waals surface area (Å²) in [4.78, 5) is 15.6. The van der Waals surface area contributed by atoms with E-state index in [0.29, 0.717) is 51.0 Å². The van der Waals surface area contributed by atoms with Crippen LogP contribution in [0.15, 0.2) is 34.7 Å². The number of amides is 2. The summed E-state index contributed by atoms with van der Waals surface area (Å²) >= 11 is 0. The molecular weight excluding hydrogens is 294 g/mol. The molecule has 1 aromatic carbocycles. The smallest absolute Gasteiger partial charge is 0.318 e. The summed E-state index contributed by atoms with van der Waals surface area (Å²) in [7, 11) is 0. The zero-order valence-corrected chi connectivity index (χ0v) is 13.2. The zero-order chi connectivity index (χ0) is 16.1. The van der Waals surface area contributed by atoms with E-state index in [1.807, 2.05) is 42.2 Å². The van der Waals surface area contributed by atoms with Gasteiger partial charge in [0.1, 0.15) is 0 Å². The Bertz CT molecular complexity index is 635. The van der Waals surface area contributed by atoms with Crippen LogP contribution in [0.5, 0.6) is 0 Å². The molecule has 122 valence electrons. The molecule has 1 aliphatic heterocycles. The van der Waals surface area contributed by atoms with Gasteiger partial charge in [0.25, 0.3) is 0 Å². The van der Waals surface area contributed by atoms with Gasteiger partial charge in [0.2, 0.25) is 5.89 Å². The van der Waals surface area contributed by atoms with Crippen molar-refractivity contribution in [1.29, 1.82) is 0 Å². The maximum atomic E-state index is 11.8. The standard InChI is InChI=1S/C16H21N5O2/c1-2-17-15(22)20-8-10-21(11-9-20)16-19-18-14(23-16)12-13-6-4-3-5-7-13/h3-7H,2,8-12H2,1H3,(H,17,22). The fourth-order valence-electron chi connectivity index (χ4n) is 2.58. The number of nitrogens with one attached hydrogen (secondary N) is 1. The van der Waals surface area contributed by atoms with Crippen molar-refractivity contribution in [2.45, 2.75) is 13.3 Å². The number of anilines is 1. The third-order valence-corrected chi connectivity index (χ3v) is 3.82. The Morgan fingerprint density at radius 3 is 2.61 bits per heavy atom. The Morgan fingerprint density at radius 2 is 1.91 bits per heavy atom. The Labute approximate surface area is 135 Å². The van der Waals surface area contributed by atoms with Crippen molar-refractivity contribution in [2.75, 3.05) is 37.6 Å². The second kappa shape index (κ2) is 7.13. The SMILES string of the molecule is CCNC(=O)N1CCN(c2nnc(Cc3ccccc3)o2)CC1. The molecule has 0 saturated carbocycles. The summed E-state index contributed by atoms with van der Waals surface area (Å²) in [5.41, 5.74) is 1.14. The van der Waals surface area contributed by atoms with E-state index in [1.54, 1.807) is 4.90 Å². The molecule has 0 aliphatic carbocycles. The molecule has 0 atom stereocenters. The van der Waals surface area contributed by atoms with Crippen LogP contribution >= 0.6 is 0 Å². The third-order valence-electron chi connectivity index (χ3n) is 3.82. The lowest BCUT2D eigenvalue weighted by atomic mass is 10.2. The van der Waals surface area contributed by atoms with Gasteiger partial charge in [-0.1, -0.05) is 35.4 Å². The predicted octanol–water partition coefficient (Wildman–Crippen LogP) is 1.51. The fourth-order valence-corrected chi connectivity index (χ4v) is 2.58. The lowest BCUT2D eigenvalue weighted by molar-refractivity contribution is 0.194. The van der Waals surface area contributed by atoms with Crippen LogP contribution in [-0.4, -0.2) is 53.9 Å². The quantitative estimate of drug-likeness (QED) is 0.926. The molecule has 2 amide bonds. The largest absolute Gasteiger partial charge is 0.408 e. The van der Waals surface area contributed by atoms with Gasteiger partial charge in [-0.2, -0.15) is 0 Å². The Kier molecular flexibility index (Phi) is 4.75. The van der Waals surface area contributed by atoms with Crippen molar-refractivity contribution in [3.63, 3.8) is 0 Å². The predicted molar refractivity (Wildman–Crippen MR) is 86.4 cm³/mol. The lowest BCUT2D eigenvalue weighted by Crippen LogP contribution is -2.51. The first-order chi connectivity index (χ1) is 11.3. The minimum atomic E-state index is -0.0116. The Morgan fingerprint density at radius 1 is 1.17 bits per heavy atom. The Hall–Kier alpha value is -2.57. The van der Waals surface area contributed by atoms with Crippen LogP contribution in [0, 0.1) is 0 Å². The highest BCUT2D eigenvalue weighted by molar-refractivity contribution is 5.74. The van der Waals surface area contributed by atoms with E-state index >= 15 is 0 Å². The van der Waals surface area contributed by atoms with Crippen LogP contribution in [-0.2, 0) is 6.42 Å². The number of hydrogen-bond acceptors (Lipinski definition) is 5. The van der Waals surface area contributed by atoms with Crippen LogP contribution in [0.4, 0.5) is 10.8 Å². The molecule has 0 unspecified atom stereocenters. The highest BCUT2D eigenvalue weighted by Gasteiger charge is 2.23. The average Bonchev–Trinajstić information content (AvgIpc) is 3.05. The van der Waals surface area contributed by atoms with Gasteiger partial charge in [0.15, 0.2) is 0 Å². The number of piperazine rings is 1. The molecule has 7 heteroatoms. The van der Waals surface area contributed by atoms with Crippen molar-refractivity contribution in [3.05, 3.63) is 41.8 Å². The van der Waals surface area contributed by atoms with Gasteiger partial charge < -0.3 is 19.5 Å². The normalized spacial score (nSPS) is 14.8. The van der Waals surface area contributed by atoms with E-state index in [4.69, 9.17) is 4.42 Å². The van der Waals surface area contributed by atoms with E-state index in [2.05, 4.69) is 15.5 Å². The minimum absolute atomic E-state index is 0.0116. The summed E-state index contributed by atoms with van der Waals surface area (Å²) < 4.78 is 5.75. The molecule has 2 heterocycles. The van der Waals surface area contributed by atoms with E-state index < -0.39 is 0 Å². The van der Waals surface area contributed by atoms with E-state index in [-0.39, 0.29) is 6.03 Å². The first kappa shape index (κ1) is 15.3. The van der Waals surface area contributed by atoms with Crippen LogP contribution in [0.25, 0.3) is 0 Å². The van der Waals surface area contributed by atoms with Gasteiger partial charge in [-0.15, -0.1) is 5.10 Å². The lowest BCUT2D eigenvalue weighted by Gasteiger charge is -2.33. The van der Waals surface area contributed by atoms with Crippen LogP contribution < -0.4 is 10.2 Å².